The van der Waals surface area contributed by atoms with E-state index in [1.165, 1.54) is 12.5 Å². The summed E-state index contributed by atoms with van der Waals surface area (Å²) in [6.45, 7) is 1.99. The first-order valence-electron chi connectivity index (χ1n) is 7.83. The molecule has 9 nitrogen and oxygen atoms in total. The van der Waals surface area contributed by atoms with Crippen molar-refractivity contribution in [3.63, 3.8) is 0 Å². The van der Waals surface area contributed by atoms with Crippen LogP contribution in [0.5, 0.6) is 0 Å². The van der Waals surface area contributed by atoms with Crippen molar-refractivity contribution in [2.24, 2.45) is 4.99 Å². The first-order chi connectivity index (χ1) is 14.2. The van der Waals surface area contributed by atoms with Gasteiger partial charge in [-0.05, 0) is 42.8 Å². The van der Waals surface area contributed by atoms with E-state index in [1.807, 2.05) is 31.2 Å². The normalized spacial score (nSPS) is 9.07. The molecule has 3 rings (SSSR count). The molecule has 0 aliphatic carbocycles. The minimum atomic E-state index is -1.11. The van der Waals surface area contributed by atoms with Gasteiger partial charge in [0.2, 0.25) is 6.08 Å². The fraction of sp³-hybridized carbons (Fsp3) is 0.0526. The van der Waals surface area contributed by atoms with E-state index < -0.39 is 19.3 Å². The topological polar surface area (TPSA) is 134 Å². The fourth-order valence-corrected chi connectivity index (χ4v) is 2.59. The molecule has 0 bridgehead atoms. The molecule has 3 aromatic heterocycles. The van der Waals surface area contributed by atoms with E-state index in [0.717, 1.165) is 16.8 Å². The molecule has 0 aromatic carbocycles. The van der Waals surface area contributed by atoms with Crippen LogP contribution in [0.1, 0.15) is 5.56 Å². The Labute approximate surface area is 175 Å². The van der Waals surface area contributed by atoms with Crippen LogP contribution in [0.15, 0.2) is 60.0 Å². The van der Waals surface area contributed by atoms with Crippen molar-refractivity contribution in [2.45, 2.75) is 6.92 Å². The summed E-state index contributed by atoms with van der Waals surface area (Å²) >= 11 is -1.11. The van der Waals surface area contributed by atoms with E-state index in [0.29, 0.717) is 17.1 Å². The molecule has 0 radical (unpaired) electrons. The van der Waals surface area contributed by atoms with Crippen LogP contribution in [0.4, 0.5) is 5.69 Å². The molecule has 0 aliphatic heterocycles. The van der Waals surface area contributed by atoms with Crippen LogP contribution >= 0.6 is 0 Å². The molecule has 3 heterocycles. The van der Waals surface area contributed by atoms with Gasteiger partial charge in [0, 0.05) is 24.2 Å². The van der Waals surface area contributed by atoms with Crippen LogP contribution in [-0.4, -0.2) is 21.0 Å². The average Bonchev–Trinajstić information content (AvgIpc) is 2.76. The van der Waals surface area contributed by atoms with Gasteiger partial charge in [-0.25, -0.2) is 4.79 Å². The van der Waals surface area contributed by atoms with Crippen molar-refractivity contribution < 1.29 is 30.9 Å². The van der Waals surface area contributed by atoms with E-state index >= 15 is 0 Å². The standard InChI is InChI=1S/C17H12N4O.2CHNO.Pt/c1-12-7-10-20-17(15(12)13-5-2-3-8-18-13)16-14(21-11-22)6-4-9-19-16;2*2-1-3;/h2-10H,1H3;2*3H;/q;;;+2/p-2. The third-order valence-corrected chi connectivity index (χ3v) is 4.16. The molecule has 3 aromatic rings. The third kappa shape index (κ3) is 6.05. The maximum absolute atomic E-state index is 10.6. The number of carbonyl (C=O) groups excluding carboxylic acids is 1. The molecular weight excluding hydrogens is 555 g/mol. The van der Waals surface area contributed by atoms with E-state index in [9.17, 15) is 4.79 Å². The molecule has 0 amide bonds. The van der Waals surface area contributed by atoms with Crippen molar-refractivity contribution in [1.29, 1.82) is 10.5 Å². The molecular formula is C19H12N6O3Pt. The van der Waals surface area contributed by atoms with Crippen LogP contribution in [0.3, 0.4) is 0 Å². The molecule has 0 unspecified atom stereocenters. The van der Waals surface area contributed by atoms with Crippen molar-refractivity contribution in [3.8, 4) is 35.2 Å². The quantitative estimate of drug-likeness (QED) is 0.198. The van der Waals surface area contributed by atoms with E-state index in [1.54, 1.807) is 36.8 Å². The number of nitriles is 2. The molecule has 0 saturated carbocycles. The Morgan fingerprint density at radius 2 is 1.66 bits per heavy atom. The van der Waals surface area contributed by atoms with Gasteiger partial charge in [0.05, 0.1) is 5.69 Å². The minimum absolute atomic E-state index is 0.438. The molecule has 0 aliphatic rings. The number of pyridine rings is 3. The van der Waals surface area contributed by atoms with Gasteiger partial charge in [-0.15, -0.1) is 0 Å². The van der Waals surface area contributed by atoms with Gasteiger partial charge in [0.25, 0.3) is 0 Å². The van der Waals surface area contributed by atoms with Gasteiger partial charge in [-0.3, -0.25) is 15.0 Å². The Morgan fingerprint density at radius 1 is 0.931 bits per heavy atom. The van der Waals surface area contributed by atoms with Crippen molar-refractivity contribution in [1.82, 2.24) is 15.0 Å². The van der Waals surface area contributed by atoms with E-state index in [-0.39, 0.29) is 0 Å². The van der Waals surface area contributed by atoms with Gasteiger partial charge in [-0.2, -0.15) is 4.99 Å². The van der Waals surface area contributed by atoms with Gasteiger partial charge >= 0.3 is 49.1 Å². The number of hydrogen-bond acceptors (Lipinski definition) is 9. The average molecular weight is 567 g/mol. The molecule has 29 heavy (non-hydrogen) atoms. The van der Waals surface area contributed by atoms with Crippen LogP contribution in [0.2, 0.25) is 0 Å². The zero-order valence-electron chi connectivity index (χ0n) is 14.9. The third-order valence-electron chi connectivity index (χ3n) is 3.37. The first kappa shape index (κ1) is 21.4. The Kier molecular flexibility index (Phi) is 8.66. The predicted molar refractivity (Wildman–Crippen MR) is 96.6 cm³/mol. The molecule has 0 saturated heterocycles. The second kappa shape index (κ2) is 11.7. The Morgan fingerprint density at radius 3 is 2.31 bits per heavy atom. The number of hydrogen-bond donors (Lipinski definition) is 0. The molecule has 0 spiro atoms. The zero-order valence-corrected chi connectivity index (χ0v) is 17.2. The van der Waals surface area contributed by atoms with Gasteiger partial charge in [0.1, 0.15) is 17.1 Å². The van der Waals surface area contributed by atoms with Crippen LogP contribution in [-0.2, 0) is 30.9 Å². The SMILES string of the molecule is Cc1ccnc(-c2ncccc2N=C=O)c1-c1ccccn1.N#C[O][Pt][O]C#N. The summed E-state index contributed by atoms with van der Waals surface area (Å²) in [4.78, 5) is 27.5. The van der Waals surface area contributed by atoms with Gasteiger partial charge in [0.15, 0.2) is 0 Å². The molecule has 0 fully saturated rings. The number of aromatic nitrogens is 3. The Hall–Kier alpha value is -3.90. The maximum atomic E-state index is 10.6. The van der Waals surface area contributed by atoms with Gasteiger partial charge in [-0.1, -0.05) is 6.07 Å². The zero-order chi connectivity index (χ0) is 20.9. The number of nitrogens with zero attached hydrogens (tertiary/aromatic N) is 6. The summed E-state index contributed by atoms with van der Waals surface area (Å²) < 4.78 is 8.09. The Bertz CT molecular complexity index is 1080. The van der Waals surface area contributed by atoms with Crippen LogP contribution in [0, 0.1) is 30.0 Å². The van der Waals surface area contributed by atoms with Crippen molar-refractivity contribution in [3.05, 3.63) is 60.6 Å². The number of aryl methyl sites for hydroxylation is 1. The summed E-state index contributed by atoms with van der Waals surface area (Å²) in [6, 6.07) is 11.0. The fourth-order valence-electron chi connectivity index (χ4n) is 2.33. The first-order valence-corrected chi connectivity index (χ1v) is 9.68. The summed E-state index contributed by atoms with van der Waals surface area (Å²) in [5.41, 5.74) is 4.32. The second-order valence-electron chi connectivity index (χ2n) is 5.01. The molecule has 0 atom stereocenters. The number of rotatable bonds is 5. The van der Waals surface area contributed by atoms with Crippen LogP contribution < -0.4 is 0 Å². The molecule has 0 N–H and O–H groups in total. The summed E-state index contributed by atoms with van der Waals surface area (Å²) in [7, 11) is 0. The molecule has 146 valence electrons. The molecule has 10 heteroatoms. The van der Waals surface area contributed by atoms with Gasteiger partial charge < -0.3 is 0 Å². The number of isocyanates is 1. The van der Waals surface area contributed by atoms with E-state index in [2.05, 4.69) is 26.7 Å². The van der Waals surface area contributed by atoms with Crippen molar-refractivity contribution in [2.75, 3.05) is 0 Å². The monoisotopic (exact) mass is 567 g/mol. The number of aliphatic imine (C=N–C) groups is 1. The van der Waals surface area contributed by atoms with Crippen LogP contribution in [0.25, 0.3) is 22.6 Å². The second-order valence-corrected chi connectivity index (χ2v) is 6.31. The summed E-state index contributed by atoms with van der Waals surface area (Å²) in [5.74, 6) is 0. The van der Waals surface area contributed by atoms with E-state index in [4.69, 9.17) is 10.5 Å². The summed E-state index contributed by atoms with van der Waals surface area (Å²) in [5, 5.41) is 15.3. The predicted octanol–water partition coefficient (Wildman–Crippen LogP) is 3.38. The summed E-state index contributed by atoms with van der Waals surface area (Å²) in [6.07, 6.45) is 9.39. The van der Waals surface area contributed by atoms with Crippen molar-refractivity contribution >= 4 is 11.8 Å². The Balaban J connectivity index is 0.000000370.